The van der Waals surface area contributed by atoms with Crippen LogP contribution in [0.3, 0.4) is 0 Å². The van der Waals surface area contributed by atoms with Gasteiger partial charge in [0.05, 0.1) is 19.6 Å². The highest BCUT2D eigenvalue weighted by Crippen LogP contribution is 2.26. The zero-order chi connectivity index (χ0) is 18.4. The number of carbonyl (C=O) groups excluding carboxylic acids is 1. The summed E-state index contributed by atoms with van der Waals surface area (Å²) in [6.45, 7) is 2.11. The van der Waals surface area contributed by atoms with Gasteiger partial charge in [0, 0.05) is 18.1 Å². The molecule has 0 aliphatic rings. The van der Waals surface area contributed by atoms with Gasteiger partial charge in [-0.15, -0.1) is 0 Å². The molecule has 3 aromatic rings. The van der Waals surface area contributed by atoms with Crippen LogP contribution in [0.2, 0.25) is 0 Å². The van der Waals surface area contributed by atoms with E-state index in [1.54, 1.807) is 7.11 Å². The van der Waals surface area contributed by atoms with Crippen molar-refractivity contribution in [2.24, 2.45) is 0 Å². The molecule has 0 unspecified atom stereocenters. The molecule has 0 bridgehead atoms. The number of rotatable bonds is 7. The van der Waals surface area contributed by atoms with Crippen LogP contribution in [0.15, 0.2) is 73.1 Å². The van der Waals surface area contributed by atoms with Crippen LogP contribution in [0.25, 0.3) is 0 Å². The molecule has 4 heteroatoms. The lowest BCUT2D eigenvalue weighted by Gasteiger charge is -2.20. The zero-order valence-corrected chi connectivity index (χ0v) is 15.2. The Hall–Kier alpha value is -3.01. The van der Waals surface area contributed by atoms with Gasteiger partial charge in [0.1, 0.15) is 5.75 Å². The van der Waals surface area contributed by atoms with Crippen molar-refractivity contribution in [2.45, 2.75) is 25.8 Å². The molecule has 0 saturated heterocycles. The highest BCUT2D eigenvalue weighted by Gasteiger charge is 2.18. The summed E-state index contributed by atoms with van der Waals surface area (Å²) in [6.07, 6.45) is 5.29. The zero-order valence-electron chi connectivity index (χ0n) is 15.2. The summed E-state index contributed by atoms with van der Waals surface area (Å²) in [5.41, 5.74) is 3.12. The first-order valence-electron chi connectivity index (χ1n) is 8.84. The summed E-state index contributed by atoms with van der Waals surface area (Å²) in [4.78, 5) is 12.6. The quantitative estimate of drug-likeness (QED) is 0.674. The molecule has 0 fully saturated rings. The summed E-state index contributed by atoms with van der Waals surface area (Å²) in [5, 5.41) is 3.00. The Balaban J connectivity index is 1.77. The number of aromatic nitrogens is 1. The maximum Gasteiger partial charge on any atom is 0.226 e. The van der Waals surface area contributed by atoms with E-state index >= 15 is 0 Å². The first-order chi connectivity index (χ1) is 12.7. The molecule has 1 heterocycles. The van der Waals surface area contributed by atoms with E-state index < -0.39 is 0 Å². The van der Waals surface area contributed by atoms with Gasteiger partial charge in [0.15, 0.2) is 0 Å². The van der Waals surface area contributed by atoms with E-state index in [9.17, 15) is 4.79 Å². The molecule has 1 amide bonds. The minimum atomic E-state index is -0.0879. The number of benzene rings is 2. The average Bonchev–Trinajstić information content (AvgIpc) is 3.21. The van der Waals surface area contributed by atoms with E-state index in [0.717, 1.165) is 23.4 Å². The summed E-state index contributed by atoms with van der Waals surface area (Å²) < 4.78 is 7.39. The number of hydrogen-bond acceptors (Lipinski definition) is 2. The van der Waals surface area contributed by atoms with Crippen molar-refractivity contribution in [1.82, 2.24) is 4.57 Å². The van der Waals surface area contributed by atoms with Crippen molar-refractivity contribution in [1.29, 1.82) is 0 Å². The van der Waals surface area contributed by atoms with Crippen molar-refractivity contribution in [2.75, 3.05) is 12.4 Å². The lowest BCUT2D eigenvalue weighted by atomic mass is 10.0. The number of nitrogens with one attached hydrogen (secondary N) is 1. The number of nitrogens with zero attached hydrogens (tertiary/aromatic N) is 1. The summed E-state index contributed by atoms with van der Waals surface area (Å²) in [5.74, 6) is 0.769. The Morgan fingerprint density at radius 2 is 1.81 bits per heavy atom. The van der Waals surface area contributed by atoms with Crippen molar-refractivity contribution in [3.05, 3.63) is 84.2 Å². The van der Waals surface area contributed by atoms with Crippen LogP contribution < -0.4 is 10.1 Å². The Labute approximate surface area is 154 Å². The first-order valence-corrected chi connectivity index (χ1v) is 8.84. The summed E-state index contributed by atoms with van der Waals surface area (Å²) in [7, 11) is 1.65. The Bertz CT molecular complexity index is 839. The number of anilines is 1. The van der Waals surface area contributed by atoms with E-state index in [2.05, 4.69) is 16.8 Å². The monoisotopic (exact) mass is 348 g/mol. The van der Waals surface area contributed by atoms with Gasteiger partial charge in [-0.3, -0.25) is 4.79 Å². The third-order valence-electron chi connectivity index (χ3n) is 4.49. The van der Waals surface area contributed by atoms with E-state index in [1.807, 2.05) is 73.1 Å². The third kappa shape index (κ3) is 4.33. The predicted molar refractivity (Wildman–Crippen MR) is 105 cm³/mol. The fourth-order valence-electron chi connectivity index (χ4n) is 3.01. The molecule has 1 atom stereocenters. The van der Waals surface area contributed by atoms with Crippen LogP contribution in [0, 0.1) is 0 Å². The molecule has 4 nitrogen and oxygen atoms in total. The molecule has 0 saturated carbocycles. The van der Waals surface area contributed by atoms with Gasteiger partial charge in [-0.2, -0.15) is 0 Å². The second-order valence-corrected chi connectivity index (χ2v) is 6.23. The highest BCUT2D eigenvalue weighted by atomic mass is 16.5. The number of methoxy groups -OCH3 is 1. The molecule has 134 valence electrons. The van der Waals surface area contributed by atoms with E-state index in [0.29, 0.717) is 6.42 Å². The molecule has 1 N–H and O–H groups in total. The molecule has 0 aliphatic carbocycles. The molecular formula is C22H24N2O2. The molecule has 1 aromatic heterocycles. The van der Waals surface area contributed by atoms with Gasteiger partial charge in [0.25, 0.3) is 0 Å². The molecule has 0 radical (unpaired) electrons. The van der Waals surface area contributed by atoms with Crippen LogP contribution >= 0.6 is 0 Å². The summed E-state index contributed by atoms with van der Waals surface area (Å²) in [6, 6.07) is 19.7. The van der Waals surface area contributed by atoms with E-state index in [4.69, 9.17) is 4.74 Å². The highest BCUT2D eigenvalue weighted by molar-refractivity contribution is 5.91. The van der Waals surface area contributed by atoms with Gasteiger partial charge >= 0.3 is 0 Å². The number of carbonyl (C=O) groups is 1. The van der Waals surface area contributed by atoms with Crippen molar-refractivity contribution in [3.8, 4) is 5.75 Å². The first kappa shape index (κ1) is 17.8. The van der Waals surface area contributed by atoms with Gasteiger partial charge in [-0.1, -0.05) is 31.2 Å². The van der Waals surface area contributed by atoms with Crippen LogP contribution in [-0.4, -0.2) is 17.6 Å². The second kappa shape index (κ2) is 8.39. The SMILES string of the molecule is CCc1ccc(NC(=O)C[C@H](c2cccc(OC)c2)n2cccc2)cc1. The number of aryl methyl sites for hydroxylation is 1. The normalized spacial score (nSPS) is 11.8. The Morgan fingerprint density at radius 1 is 1.08 bits per heavy atom. The maximum atomic E-state index is 12.6. The fraction of sp³-hybridized carbons (Fsp3) is 0.227. The van der Waals surface area contributed by atoms with Gasteiger partial charge < -0.3 is 14.6 Å². The smallest absolute Gasteiger partial charge is 0.226 e. The largest absolute Gasteiger partial charge is 0.497 e. The van der Waals surface area contributed by atoms with Crippen molar-refractivity contribution in [3.63, 3.8) is 0 Å². The van der Waals surface area contributed by atoms with Crippen LogP contribution in [-0.2, 0) is 11.2 Å². The van der Waals surface area contributed by atoms with Crippen molar-refractivity contribution >= 4 is 11.6 Å². The third-order valence-corrected chi connectivity index (χ3v) is 4.49. The van der Waals surface area contributed by atoms with Gasteiger partial charge in [-0.05, 0) is 53.9 Å². The van der Waals surface area contributed by atoms with Crippen LogP contribution in [0.5, 0.6) is 5.75 Å². The number of amides is 1. The average molecular weight is 348 g/mol. The molecule has 2 aromatic carbocycles. The molecule has 3 rings (SSSR count). The minimum Gasteiger partial charge on any atom is -0.497 e. The molecule has 26 heavy (non-hydrogen) atoms. The Kier molecular flexibility index (Phi) is 5.74. The standard InChI is InChI=1S/C22H24N2O2/c1-3-17-9-11-19(12-10-17)23-22(25)16-21(24-13-4-5-14-24)18-7-6-8-20(15-18)26-2/h4-15,21H,3,16H2,1-2H3,(H,23,25)/t21-/m1/s1. The molecule has 0 spiro atoms. The van der Waals surface area contributed by atoms with Gasteiger partial charge in [0.2, 0.25) is 5.91 Å². The van der Waals surface area contributed by atoms with Crippen LogP contribution in [0.4, 0.5) is 5.69 Å². The maximum absolute atomic E-state index is 12.6. The minimum absolute atomic E-state index is 0.0178. The molecule has 0 aliphatic heterocycles. The lowest BCUT2D eigenvalue weighted by Crippen LogP contribution is -2.19. The number of ether oxygens (including phenoxy) is 1. The molecular weight excluding hydrogens is 324 g/mol. The van der Waals surface area contributed by atoms with Gasteiger partial charge in [-0.25, -0.2) is 0 Å². The van der Waals surface area contributed by atoms with E-state index in [1.165, 1.54) is 5.56 Å². The predicted octanol–water partition coefficient (Wildman–Crippen LogP) is 4.68. The van der Waals surface area contributed by atoms with Crippen LogP contribution in [0.1, 0.15) is 30.5 Å². The summed E-state index contributed by atoms with van der Waals surface area (Å²) >= 11 is 0. The fourth-order valence-corrected chi connectivity index (χ4v) is 3.01. The topological polar surface area (TPSA) is 43.3 Å². The number of hydrogen-bond donors (Lipinski definition) is 1. The van der Waals surface area contributed by atoms with Crippen molar-refractivity contribution < 1.29 is 9.53 Å². The van der Waals surface area contributed by atoms with E-state index in [-0.39, 0.29) is 11.9 Å². The second-order valence-electron chi connectivity index (χ2n) is 6.23. The Morgan fingerprint density at radius 3 is 2.46 bits per heavy atom. The lowest BCUT2D eigenvalue weighted by molar-refractivity contribution is -0.116.